The summed E-state index contributed by atoms with van der Waals surface area (Å²) >= 11 is 0. The zero-order valence-corrected chi connectivity index (χ0v) is 11.2. The predicted molar refractivity (Wildman–Crippen MR) is 71.7 cm³/mol. The maximum absolute atomic E-state index is 13.3. The Balaban J connectivity index is 1.88. The van der Waals surface area contributed by atoms with Crippen molar-refractivity contribution in [2.45, 2.75) is 6.10 Å². The SMILES string of the molecule is O=C(NCC(O)c1ccco1)C(=O)Nc1ccc(F)cc1F. The molecular weight excluding hydrogens is 298 g/mol. The van der Waals surface area contributed by atoms with Crippen LogP contribution in [0, 0.1) is 11.6 Å². The molecular formula is C14H12F2N2O4. The quantitative estimate of drug-likeness (QED) is 0.743. The van der Waals surface area contributed by atoms with Crippen molar-refractivity contribution in [1.82, 2.24) is 5.32 Å². The first-order valence-electron chi connectivity index (χ1n) is 6.23. The van der Waals surface area contributed by atoms with E-state index in [1.807, 2.05) is 5.32 Å². The average molecular weight is 310 g/mol. The van der Waals surface area contributed by atoms with E-state index in [0.29, 0.717) is 6.07 Å². The van der Waals surface area contributed by atoms with Crippen LogP contribution in [0.25, 0.3) is 0 Å². The Morgan fingerprint density at radius 3 is 2.64 bits per heavy atom. The van der Waals surface area contributed by atoms with Crippen molar-refractivity contribution in [3.8, 4) is 0 Å². The Morgan fingerprint density at radius 1 is 1.23 bits per heavy atom. The van der Waals surface area contributed by atoms with Gasteiger partial charge in [-0.25, -0.2) is 8.78 Å². The van der Waals surface area contributed by atoms with Crippen LogP contribution in [0.2, 0.25) is 0 Å². The van der Waals surface area contributed by atoms with Gasteiger partial charge >= 0.3 is 11.8 Å². The summed E-state index contributed by atoms with van der Waals surface area (Å²) in [4.78, 5) is 23.1. The summed E-state index contributed by atoms with van der Waals surface area (Å²) < 4.78 is 31.0. The number of furan rings is 1. The van der Waals surface area contributed by atoms with E-state index >= 15 is 0 Å². The molecule has 0 fully saturated rings. The van der Waals surface area contributed by atoms with Crippen LogP contribution < -0.4 is 10.6 Å². The molecule has 0 saturated heterocycles. The van der Waals surface area contributed by atoms with Crippen LogP contribution >= 0.6 is 0 Å². The minimum Gasteiger partial charge on any atom is -0.467 e. The van der Waals surface area contributed by atoms with Crippen LogP contribution in [-0.4, -0.2) is 23.5 Å². The van der Waals surface area contributed by atoms with E-state index in [1.54, 1.807) is 6.07 Å². The lowest BCUT2D eigenvalue weighted by Gasteiger charge is -2.10. The zero-order valence-electron chi connectivity index (χ0n) is 11.2. The van der Waals surface area contributed by atoms with Crippen molar-refractivity contribution in [3.05, 3.63) is 54.0 Å². The number of anilines is 1. The summed E-state index contributed by atoms with van der Waals surface area (Å²) in [5.74, 6) is -3.80. The van der Waals surface area contributed by atoms with Crippen LogP contribution in [0.5, 0.6) is 0 Å². The largest absolute Gasteiger partial charge is 0.467 e. The fraction of sp³-hybridized carbons (Fsp3) is 0.143. The van der Waals surface area contributed by atoms with Crippen molar-refractivity contribution < 1.29 is 27.9 Å². The molecule has 2 rings (SSSR count). The lowest BCUT2D eigenvalue weighted by Crippen LogP contribution is -2.37. The monoisotopic (exact) mass is 310 g/mol. The number of rotatable bonds is 4. The summed E-state index contributed by atoms with van der Waals surface area (Å²) in [6.45, 7) is -0.258. The normalized spacial score (nSPS) is 11.8. The Labute approximate surface area is 123 Å². The highest BCUT2D eigenvalue weighted by Gasteiger charge is 2.18. The number of aliphatic hydroxyl groups is 1. The second-order valence-corrected chi connectivity index (χ2v) is 4.32. The van der Waals surface area contributed by atoms with E-state index in [-0.39, 0.29) is 18.0 Å². The molecule has 0 bridgehead atoms. The number of benzene rings is 1. The van der Waals surface area contributed by atoms with Crippen LogP contribution in [-0.2, 0) is 9.59 Å². The van der Waals surface area contributed by atoms with E-state index in [1.165, 1.54) is 12.3 Å². The number of aliphatic hydroxyl groups excluding tert-OH is 1. The first-order chi connectivity index (χ1) is 10.5. The molecule has 3 N–H and O–H groups in total. The highest BCUT2D eigenvalue weighted by atomic mass is 19.1. The number of halogens is 2. The third-order valence-corrected chi connectivity index (χ3v) is 2.71. The van der Waals surface area contributed by atoms with Gasteiger partial charge in [0.25, 0.3) is 0 Å². The Bertz CT molecular complexity index is 673. The van der Waals surface area contributed by atoms with Gasteiger partial charge in [-0.2, -0.15) is 0 Å². The standard InChI is InChI=1S/C14H12F2N2O4/c15-8-3-4-10(9(16)6-8)18-14(21)13(20)17-7-11(19)12-2-1-5-22-12/h1-6,11,19H,7H2,(H,17,20)(H,18,21). The van der Waals surface area contributed by atoms with E-state index in [4.69, 9.17) is 4.42 Å². The second-order valence-electron chi connectivity index (χ2n) is 4.32. The zero-order chi connectivity index (χ0) is 16.1. The molecule has 2 amide bonds. The summed E-state index contributed by atoms with van der Waals surface area (Å²) in [6, 6.07) is 5.58. The predicted octanol–water partition coefficient (Wildman–Crippen LogP) is 1.35. The fourth-order valence-corrected chi connectivity index (χ4v) is 1.62. The maximum Gasteiger partial charge on any atom is 0.313 e. The third kappa shape index (κ3) is 3.89. The summed E-state index contributed by atoms with van der Waals surface area (Å²) in [6.07, 6.45) is 0.235. The van der Waals surface area contributed by atoms with E-state index in [2.05, 4.69) is 5.32 Å². The second kappa shape index (κ2) is 6.81. The molecule has 0 saturated carbocycles. The van der Waals surface area contributed by atoms with Crippen LogP contribution in [0.3, 0.4) is 0 Å². The molecule has 6 nitrogen and oxygen atoms in total. The van der Waals surface area contributed by atoms with Crippen LogP contribution in [0.1, 0.15) is 11.9 Å². The van der Waals surface area contributed by atoms with E-state index in [0.717, 1.165) is 12.1 Å². The van der Waals surface area contributed by atoms with Crippen molar-refractivity contribution in [3.63, 3.8) is 0 Å². The van der Waals surface area contributed by atoms with Crippen molar-refractivity contribution in [2.24, 2.45) is 0 Å². The summed E-state index contributed by atoms with van der Waals surface area (Å²) in [5.41, 5.74) is -0.326. The first-order valence-corrected chi connectivity index (χ1v) is 6.23. The van der Waals surface area contributed by atoms with Crippen molar-refractivity contribution >= 4 is 17.5 Å². The topological polar surface area (TPSA) is 91.6 Å². The van der Waals surface area contributed by atoms with Gasteiger partial charge in [0.15, 0.2) is 0 Å². The van der Waals surface area contributed by atoms with E-state index in [9.17, 15) is 23.5 Å². The number of hydrogen-bond donors (Lipinski definition) is 3. The molecule has 1 unspecified atom stereocenters. The highest BCUT2D eigenvalue weighted by molar-refractivity contribution is 6.39. The first kappa shape index (κ1) is 15.6. The highest BCUT2D eigenvalue weighted by Crippen LogP contribution is 2.15. The third-order valence-electron chi connectivity index (χ3n) is 2.71. The molecule has 0 radical (unpaired) electrons. The van der Waals surface area contributed by atoms with Gasteiger partial charge in [0, 0.05) is 6.07 Å². The fourth-order valence-electron chi connectivity index (χ4n) is 1.62. The number of amides is 2. The van der Waals surface area contributed by atoms with Crippen molar-refractivity contribution in [2.75, 3.05) is 11.9 Å². The number of nitrogens with one attached hydrogen (secondary N) is 2. The Hall–Kier alpha value is -2.74. The van der Waals surface area contributed by atoms with Gasteiger partial charge in [-0.3, -0.25) is 9.59 Å². The summed E-state index contributed by atoms with van der Waals surface area (Å²) in [5, 5.41) is 13.8. The van der Waals surface area contributed by atoms with Gasteiger partial charge in [0.1, 0.15) is 23.5 Å². The molecule has 0 spiro atoms. The molecule has 1 atom stereocenters. The summed E-state index contributed by atoms with van der Waals surface area (Å²) in [7, 11) is 0. The molecule has 2 aromatic rings. The Kier molecular flexibility index (Phi) is 4.84. The minimum absolute atomic E-state index is 0.227. The van der Waals surface area contributed by atoms with Crippen LogP contribution in [0.15, 0.2) is 41.0 Å². The van der Waals surface area contributed by atoms with Gasteiger partial charge in [0.2, 0.25) is 0 Å². The number of carbonyl (C=O) groups is 2. The molecule has 0 aliphatic heterocycles. The van der Waals surface area contributed by atoms with Gasteiger partial charge < -0.3 is 20.2 Å². The van der Waals surface area contributed by atoms with Gasteiger partial charge in [-0.15, -0.1) is 0 Å². The molecule has 116 valence electrons. The number of hydrogen-bond acceptors (Lipinski definition) is 4. The average Bonchev–Trinajstić information content (AvgIpc) is 3.01. The molecule has 1 aromatic heterocycles. The molecule has 1 aromatic carbocycles. The van der Waals surface area contributed by atoms with E-state index < -0.39 is 29.6 Å². The van der Waals surface area contributed by atoms with Gasteiger partial charge in [-0.05, 0) is 24.3 Å². The van der Waals surface area contributed by atoms with Gasteiger partial charge in [0.05, 0.1) is 18.5 Å². The molecule has 0 aliphatic rings. The molecule has 0 aliphatic carbocycles. The van der Waals surface area contributed by atoms with Crippen molar-refractivity contribution in [1.29, 1.82) is 0 Å². The molecule has 1 heterocycles. The smallest absolute Gasteiger partial charge is 0.313 e. The maximum atomic E-state index is 13.3. The molecule has 8 heteroatoms. The minimum atomic E-state index is -1.14. The molecule has 22 heavy (non-hydrogen) atoms. The van der Waals surface area contributed by atoms with Crippen LogP contribution in [0.4, 0.5) is 14.5 Å². The number of carbonyl (C=O) groups excluding carboxylic acids is 2. The Morgan fingerprint density at radius 2 is 2.00 bits per heavy atom. The lowest BCUT2D eigenvalue weighted by molar-refractivity contribution is -0.136. The van der Waals surface area contributed by atoms with Gasteiger partial charge in [-0.1, -0.05) is 0 Å². The lowest BCUT2D eigenvalue weighted by atomic mass is 10.2.